The van der Waals surface area contributed by atoms with Crippen LogP contribution in [0.3, 0.4) is 0 Å². The van der Waals surface area contributed by atoms with Crippen molar-refractivity contribution in [3.63, 3.8) is 0 Å². The van der Waals surface area contributed by atoms with Crippen molar-refractivity contribution in [2.75, 3.05) is 18.4 Å². The molecule has 1 fully saturated rings. The van der Waals surface area contributed by atoms with E-state index in [1.54, 1.807) is 29.5 Å². The Kier molecular flexibility index (Phi) is 6.47. The van der Waals surface area contributed by atoms with Crippen LogP contribution >= 0.6 is 0 Å². The molecule has 0 saturated carbocycles. The highest BCUT2D eigenvalue weighted by molar-refractivity contribution is 7.89. The van der Waals surface area contributed by atoms with Crippen molar-refractivity contribution in [2.24, 2.45) is 0 Å². The maximum Gasteiger partial charge on any atom is 0.293 e. The molecule has 11 heteroatoms. The van der Waals surface area contributed by atoms with Gasteiger partial charge in [0.25, 0.3) is 5.69 Å². The van der Waals surface area contributed by atoms with Crippen LogP contribution in [0, 0.1) is 10.1 Å². The van der Waals surface area contributed by atoms with E-state index in [0.29, 0.717) is 25.5 Å². The first kappa shape index (κ1) is 21.9. The fourth-order valence-corrected chi connectivity index (χ4v) is 5.21. The number of aromatic nitrogens is 3. The molecule has 0 radical (unpaired) electrons. The maximum atomic E-state index is 13.0. The van der Waals surface area contributed by atoms with Crippen molar-refractivity contribution in [2.45, 2.75) is 37.1 Å². The number of imidazole rings is 1. The highest BCUT2D eigenvalue weighted by atomic mass is 32.2. The number of rotatable bonds is 7. The zero-order chi connectivity index (χ0) is 22.6. The van der Waals surface area contributed by atoms with Crippen LogP contribution in [0.5, 0.6) is 0 Å². The Balaban J connectivity index is 1.51. The lowest BCUT2D eigenvalue weighted by molar-refractivity contribution is -0.384. The molecule has 2 aromatic heterocycles. The molecule has 4 rings (SSSR count). The minimum atomic E-state index is -3.77. The fraction of sp³-hybridized carbons (Fsp3) is 0.333. The van der Waals surface area contributed by atoms with Crippen molar-refractivity contribution in [1.29, 1.82) is 0 Å². The molecule has 1 aliphatic rings. The molecular formula is C21H24N6O4S. The molecule has 1 aliphatic heterocycles. The molecule has 1 aromatic carbocycles. The third-order valence-electron chi connectivity index (χ3n) is 5.43. The third kappa shape index (κ3) is 4.78. The average molecular weight is 457 g/mol. The molecule has 0 aliphatic carbocycles. The lowest BCUT2D eigenvalue weighted by Gasteiger charge is -2.20. The number of nitrogens with one attached hydrogen (secondary N) is 1. The summed E-state index contributed by atoms with van der Waals surface area (Å²) >= 11 is 0. The van der Waals surface area contributed by atoms with Crippen LogP contribution in [-0.4, -0.2) is 45.3 Å². The van der Waals surface area contributed by atoms with Crippen molar-refractivity contribution in [3.05, 3.63) is 70.9 Å². The normalized spacial score (nSPS) is 15.2. The monoisotopic (exact) mass is 456 g/mol. The molecule has 0 atom stereocenters. The molecule has 0 amide bonds. The largest absolute Gasteiger partial charge is 0.375 e. The van der Waals surface area contributed by atoms with Gasteiger partial charge in [0.1, 0.15) is 17.8 Å². The Hall–Kier alpha value is -3.31. The predicted octanol–water partition coefficient (Wildman–Crippen LogP) is 3.35. The van der Waals surface area contributed by atoms with E-state index < -0.39 is 14.9 Å². The predicted molar refractivity (Wildman–Crippen MR) is 119 cm³/mol. The maximum absolute atomic E-state index is 13.0. The van der Waals surface area contributed by atoms with Crippen LogP contribution in [0.2, 0.25) is 0 Å². The van der Waals surface area contributed by atoms with Gasteiger partial charge in [-0.3, -0.25) is 14.7 Å². The van der Waals surface area contributed by atoms with Gasteiger partial charge >= 0.3 is 0 Å². The second-order valence-electron chi connectivity index (χ2n) is 7.60. The van der Waals surface area contributed by atoms with Gasteiger partial charge in [0.15, 0.2) is 0 Å². The summed E-state index contributed by atoms with van der Waals surface area (Å²) in [6, 6.07) is 7.71. The van der Waals surface area contributed by atoms with E-state index in [2.05, 4.69) is 15.3 Å². The summed E-state index contributed by atoms with van der Waals surface area (Å²) in [7, 11) is -3.77. The van der Waals surface area contributed by atoms with Crippen molar-refractivity contribution < 1.29 is 13.3 Å². The Bertz CT molecular complexity index is 1170. The number of pyridine rings is 1. The standard InChI is InChI=1S/C21H24N6O4S/c28-27(29)20-13-18(32(30,31)26-10-3-1-2-4-11-26)6-7-19(20)23-14-17-5-8-21(24-15-17)25-12-9-22-16-25/h5-9,12-13,15-16,23H,1-4,10-11,14H2. The number of nitro benzene ring substituents is 1. The van der Waals surface area contributed by atoms with Gasteiger partial charge < -0.3 is 5.32 Å². The van der Waals surface area contributed by atoms with Gasteiger partial charge in [-0.25, -0.2) is 18.4 Å². The first-order valence-electron chi connectivity index (χ1n) is 10.4. The van der Waals surface area contributed by atoms with Crippen LogP contribution in [-0.2, 0) is 16.6 Å². The smallest absolute Gasteiger partial charge is 0.293 e. The summed E-state index contributed by atoms with van der Waals surface area (Å²) in [4.78, 5) is 19.4. The van der Waals surface area contributed by atoms with E-state index in [1.165, 1.54) is 16.4 Å². The molecule has 0 unspecified atom stereocenters. The molecule has 10 nitrogen and oxygen atoms in total. The number of benzene rings is 1. The molecule has 1 N–H and O–H groups in total. The molecule has 3 heterocycles. The van der Waals surface area contributed by atoms with E-state index in [1.807, 2.05) is 12.1 Å². The minimum Gasteiger partial charge on any atom is -0.375 e. The molecule has 168 valence electrons. The number of anilines is 1. The van der Waals surface area contributed by atoms with Gasteiger partial charge in [-0.2, -0.15) is 4.31 Å². The summed E-state index contributed by atoms with van der Waals surface area (Å²) in [5.41, 5.74) is 0.803. The third-order valence-corrected chi connectivity index (χ3v) is 7.32. The first-order valence-corrected chi connectivity index (χ1v) is 11.8. The van der Waals surface area contributed by atoms with E-state index >= 15 is 0 Å². The highest BCUT2D eigenvalue weighted by Crippen LogP contribution is 2.30. The van der Waals surface area contributed by atoms with Crippen LogP contribution in [0.25, 0.3) is 5.82 Å². The van der Waals surface area contributed by atoms with Crippen LogP contribution < -0.4 is 5.32 Å². The summed E-state index contributed by atoms with van der Waals surface area (Å²) < 4.78 is 29.2. The van der Waals surface area contributed by atoms with E-state index in [0.717, 1.165) is 37.3 Å². The number of hydrogen-bond donors (Lipinski definition) is 1. The summed E-state index contributed by atoms with van der Waals surface area (Å²) in [6.07, 6.45) is 10.3. The molecule has 3 aromatic rings. The summed E-state index contributed by atoms with van der Waals surface area (Å²) in [5, 5.41) is 14.7. The Morgan fingerprint density at radius 2 is 1.88 bits per heavy atom. The van der Waals surface area contributed by atoms with Crippen LogP contribution in [0.4, 0.5) is 11.4 Å². The zero-order valence-electron chi connectivity index (χ0n) is 17.4. The minimum absolute atomic E-state index is 0.0528. The topological polar surface area (TPSA) is 123 Å². The van der Waals surface area contributed by atoms with Gasteiger partial charge in [0.05, 0.1) is 9.82 Å². The molecule has 32 heavy (non-hydrogen) atoms. The summed E-state index contributed by atoms with van der Waals surface area (Å²) in [6.45, 7) is 1.19. The molecule has 0 bridgehead atoms. The van der Waals surface area contributed by atoms with Crippen molar-refractivity contribution in [1.82, 2.24) is 18.8 Å². The lowest BCUT2D eigenvalue weighted by Crippen LogP contribution is -2.32. The van der Waals surface area contributed by atoms with Gasteiger partial charge in [-0.1, -0.05) is 18.9 Å². The van der Waals surface area contributed by atoms with E-state index in [9.17, 15) is 18.5 Å². The molecular weight excluding hydrogens is 432 g/mol. The average Bonchev–Trinajstić information content (AvgIpc) is 3.19. The lowest BCUT2D eigenvalue weighted by atomic mass is 10.2. The van der Waals surface area contributed by atoms with Crippen LogP contribution in [0.1, 0.15) is 31.2 Å². The second kappa shape index (κ2) is 9.45. The number of nitrogens with zero attached hydrogens (tertiary/aromatic N) is 5. The van der Waals surface area contributed by atoms with E-state index in [4.69, 9.17) is 0 Å². The van der Waals surface area contributed by atoms with Gasteiger partial charge in [0.2, 0.25) is 10.0 Å². The van der Waals surface area contributed by atoms with E-state index in [-0.39, 0.29) is 16.3 Å². The molecule has 1 saturated heterocycles. The first-order chi connectivity index (χ1) is 15.4. The Morgan fingerprint density at radius 1 is 1.09 bits per heavy atom. The van der Waals surface area contributed by atoms with Gasteiger partial charge in [0, 0.05) is 44.3 Å². The second-order valence-corrected chi connectivity index (χ2v) is 9.54. The van der Waals surface area contributed by atoms with Crippen molar-refractivity contribution >= 4 is 21.4 Å². The summed E-state index contributed by atoms with van der Waals surface area (Å²) in [5.74, 6) is 0.709. The SMILES string of the molecule is O=[N+]([O-])c1cc(S(=O)(=O)N2CCCCCC2)ccc1NCc1ccc(-n2ccnc2)nc1. The molecule has 0 spiro atoms. The Morgan fingerprint density at radius 3 is 2.50 bits per heavy atom. The quantitative estimate of drug-likeness (QED) is 0.427. The number of sulfonamides is 1. The zero-order valence-corrected chi connectivity index (χ0v) is 18.2. The number of hydrogen-bond acceptors (Lipinski definition) is 7. The fourth-order valence-electron chi connectivity index (χ4n) is 3.67. The van der Waals surface area contributed by atoms with Crippen molar-refractivity contribution in [3.8, 4) is 5.82 Å². The van der Waals surface area contributed by atoms with Gasteiger partial charge in [-0.15, -0.1) is 0 Å². The van der Waals surface area contributed by atoms with Crippen LogP contribution in [0.15, 0.2) is 60.1 Å². The Labute approximate surface area is 186 Å². The number of nitro groups is 1. The van der Waals surface area contributed by atoms with Gasteiger partial charge in [-0.05, 0) is 36.6 Å². The highest BCUT2D eigenvalue weighted by Gasteiger charge is 2.28.